The minimum Gasteiger partial charge on any atom is -0.444 e. The highest BCUT2D eigenvalue weighted by Crippen LogP contribution is 2.19. The van der Waals surface area contributed by atoms with Crippen molar-refractivity contribution in [1.82, 2.24) is 14.8 Å². The van der Waals surface area contributed by atoms with Crippen LogP contribution in [0.5, 0.6) is 0 Å². The SMILES string of the molecule is CC(C)(C)OC(=O)N1CCCN(C(=O)c2cc3cc(F)ccc3[nH]2)CC1. The highest BCUT2D eigenvalue weighted by atomic mass is 19.1. The summed E-state index contributed by atoms with van der Waals surface area (Å²) in [5.74, 6) is -0.481. The number of rotatable bonds is 1. The van der Waals surface area contributed by atoms with Gasteiger partial charge >= 0.3 is 6.09 Å². The monoisotopic (exact) mass is 361 g/mol. The normalized spacial score (nSPS) is 15.8. The van der Waals surface area contributed by atoms with Crippen LogP contribution < -0.4 is 0 Å². The van der Waals surface area contributed by atoms with Crippen LogP contribution in [0.2, 0.25) is 0 Å². The third-order valence-corrected chi connectivity index (χ3v) is 4.25. The molecule has 0 saturated carbocycles. The van der Waals surface area contributed by atoms with Crippen LogP contribution in [0.1, 0.15) is 37.7 Å². The van der Waals surface area contributed by atoms with Gasteiger partial charge in [0.25, 0.3) is 5.91 Å². The molecular formula is C19H24FN3O3. The van der Waals surface area contributed by atoms with Crippen LogP contribution in [-0.4, -0.2) is 58.6 Å². The van der Waals surface area contributed by atoms with Gasteiger partial charge in [-0.1, -0.05) is 0 Å². The van der Waals surface area contributed by atoms with E-state index in [1.54, 1.807) is 21.9 Å². The fourth-order valence-electron chi connectivity index (χ4n) is 3.02. The second-order valence-corrected chi connectivity index (χ2v) is 7.53. The van der Waals surface area contributed by atoms with E-state index in [1.165, 1.54) is 12.1 Å². The van der Waals surface area contributed by atoms with Crippen molar-refractivity contribution in [3.63, 3.8) is 0 Å². The third-order valence-electron chi connectivity index (χ3n) is 4.25. The Morgan fingerprint density at radius 3 is 2.50 bits per heavy atom. The zero-order valence-corrected chi connectivity index (χ0v) is 15.3. The van der Waals surface area contributed by atoms with E-state index in [2.05, 4.69) is 4.98 Å². The van der Waals surface area contributed by atoms with E-state index in [-0.39, 0.29) is 17.8 Å². The Morgan fingerprint density at radius 2 is 1.77 bits per heavy atom. The summed E-state index contributed by atoms with van der Waals surface area (Å²) in [6.07, 6.45) is 0.327. The van der Waals surface area contributed by atoms with E-state index in [0.717, 1.165) is 5.52 Å². The van der Waals surface area contributed by atoms with Crippen LogP contribution >= 0.6 is 0 Å². The Kier molecular flexibility index (Phi) is 4.89. The molecule has 26 heavy (non-hydrogen) atoms. The fraction of sp³-hybridized carbons (Fsp3) is 0.474. The van der Waals surface area contributed by atoms with Gasteiger partial charge in [0, 0.05) is 37.1 Å². The molecule has 2 amide bonds. The number of nitrogens with zero attached hydrogens (tertiary/aromatic N) is 2. The number of hydrogen-bond acceptors (Lipinski definition) is 3. The molecule has 1 aromatic carbocycles. The van der Waals surface area contributed by atoms with E-state index < -0.39 is 5.60 Å². The molecule has 0 unspecified atom stereocenters. The van der Waals surface area contributed by atoms with Gasteiger partial charge in [-0.15, -0.1) is 0 Å². The minimum atomic E-state index is -0.543. The maximum atomic E-state index is 13.3. The first-order valence-corrected chi connectivity index (χ1v) is 8.78. The largest absolute Gasteiger partial charge is 0.444 e. The second kappa shape index (κ2) is 6.97. The van der Waals surface area contributed by atoms with E-state index >= 15 is 0 Å². The Labute approximate surface area is 151 Å². The highest BCUT2D eigenvalue weighted by molar-refractivity contribution is 5.98. The van der Waals surface area contributed by atoms with Crippen molar-refractivity contribution < 1.29 is 18.7 Å². The quantitative estimate of drug-likeness (QED) is 0.847. The van der Waals surface area contributed by atoms with Crippen LogP contribution in [0.25, 0.3) is 10.9 Å². The lowest BCUT2D eigenvalue weighted by Crippen LogP contribution is -2.40. The van der Waals surface area contributed by atoms with Crippen molar-refractivity contribution in [2.45, 2.75) is 32.8 Å². The molecule has 0 atom stereocenters. The number of H-pyrrole nitrogens is 1. The number of aromatic nitrogens is 1. The summed E-state index contributed by atoms with van der Waals surface area (Å²) in [4.78, 5) is 31.4. The number of amides is 2. The van der Waals surface area contributed by atoms with Gasteiger partial charge in [-0.05, 0) is 51.5 Å². The predicted octanol–water partition coefficient (Wildman–Crippen LogP) is 3.39. The lowest BCUT2D eigenvalue weighted by molar-refractivity contribution is 0.0255. The summed E-state index contributed by atoms with van der Waals surface area (Å²) < 4.78 is 18.7. The average molecular weight is 361 g/mol. The van der Waals surface area contributed by atoms with Crippen LogP contribution in [-0.2, 0) is 4.74 Å². The lowest BCUT2D eigenvalue weighted by Gasteiger charge is -2.26. The Hall–Kier alpha value is -2.57. The fourth-order valence-corrected chi connectivity index (χ4v) is 3.02. The molecule has 1 fully saturated rings. The first kappa shape index (κ1) is 18.2. The molecule has 1 aromatic heterocycles. The van der Waals surface area contributed by atoms with Crippen molar-refractivity contribution in [2.24, 2.45) is 0 Å². The lowest BCUT2D eigenvalue weighted by atomic mass is 10.2. The second-order valence-electron chi connectivity index (χ2n) is 7.53. The van der Waals surface area contributed by atoms with E-state index in [9.17, 15) is 14.0 Å². The predicted molar refractivity (Wildman–Crippen MR) is 96.6 cm³/mol. The molecular weight excluding hydrogens is 337 g/mol. The summed E-state index contributed by atoms with van der Waals surface area (Å²) in [6.45, 7) is 7.46. The van der Waals surface area contributed by atoms with Crippen molar-refractivity contribution in [3.8, 4) is 0 Å². The van der Waals surface area contributed by atoms with Crippen LogP contribution in [0.3, 0.4) is 0 Å². The van der Waals surface area contributed by atoms with Gasteiger partial charge in [-0.3, -0.25) is 4.79 Å². The van der Waals surface area contributed by atoms with Gasteiger partial charge in [0.15, 0.2) is 0 Å². The molecule has 6 nitrogen and oxygen atoms in total. The van der Waals surface area contributed by atoms with E-state index in [0.29, 0.717) is 43.7 Å². The maximum Gasteiger partial charge on any atom is 0.410 e. The van der Waals surface area contributed by atoms with Gasteiger partial charge < -0.3 is 19.5 Å². The minimum absolute atomic E-state index is 0.146. The molecule has 0 aliphatic carbocycles. The van der Waals surface area contributed by atoms with Crippen molar-refractivity contribution >= 4 is 22.9 Å². The Bertz CT molecular complexity index is 825. The van der Waals surface area contributed by atoms with E-state index in [1.807, 2.05) is 20.8 Å². The summed E-state index contributed by atoms with van der Waals surface area (Å²) in [6, 6.07) is 6.04. The molecule has 0 bridgehead atoms. The molecule has 1 aliphatic rings. The number of aromatic amines is 1. The number of fused-ring (bicyclic) bond motifs is 1. The van der Waals surface area contributed by atoms with Gasteiger partial charge in [0.05, 0.1) is 0 Å². The first-order chi connectivity index (χ1) is 12.2. The first-order valence-electron chi connectivity index (χ1n) is 8.78. The topological polar surface area (TPSA) is 65.6 Å². The number of halogens is 1. The highest BCUT2D eigenvalue weighted by Gasteiger charge is 2.26. The summed E-state index contributed by atoms with van der Waals surface area (Å²) in [5, 5.41) is 0.665. The molecule has 0 spiro atoms. The van der Waals surface area contributed by atoms with Crippen LogP contribution in [0, 0.1) is 5.82 Å². The molecule has 1 saturated heterocycles. The number of benzene rings is 1. The molecule has 1 N–H and O–H groups in total. The van der Waals surface area contributed by atoms with Gasteiger partial charge in [-0.25, -0.2) is 9.18 Å². The van der Waals surface area contributed by atoms with Crippen molar-refractivity contribution in [2.75, 3.05) is 26.2 Å². The summed E-state index contributed by atoms with van der Waals surface area (Å²) >= 11 is 0. The Morgan fingerprint density at radius 1 is 1.08 bits per heavy atom. The van der Waals surface area contributed by atoms with Crippen molar-refractivity contribution in [1.29, 1.82) is 0 Å². The zero-order chi connectivity index (χ0) is 18.9. The zero-order valence-electron chi connectivity index (χ0n) is 15.3. The van der Waals surface area contributed by atoms with Gasteiger partial charge in [0.2, 0.25) is 0 Å². The standard InChI is InChI=1S/C19H24FN3O3/c1-19(2,3)26-18(25)23-8-4-7-22(9-10-23)17(24)16-12-13-11-14(20)5-6-15(13)21-16/h5-6,11-12,21H,4,7-10H2,1-3H3. The molecule has 0 radical (unpaired) electrons. The van der Waals surface area contributed by atoms with Gasteiger partial charge in [-0.2, -0.15) is 0 Å². The molecule has 3 rings (SSSR count). The van der Waals surface area contributed by atoms with Crippen LogP contribution in [0.15, 0.2) is 24.3 Å². The molecule has 2 aromatic rings. The average Bonchev–Trinajstić information content (AvgIpc) is 2.80. The number of carbonyl (C=O) groups excluding carboxylic acids is 2. The number of hydrogen-bond donors (Lipinski definition) is 1. The van der Waals surface area contributed by atoms with Gasteiger partial charge in [0.1, 0.15) is 17.1 Å². The molecule has 7 heteroatoms. The summed E-state index contributed by atoms with van der Waals surface area (Å²) in [7, 11) is 0. The number of carbonyl (C=O) groups is 2. The molecule has 140 valence electrons. The Balaban J connectivity index is 1.68. The number of nitrogens with one attached hydrogen (secondary N) is 1. The summed E-state index contributed by atoms with van der Waals surface area (Å²) in [5.41, 5.74) is 0.606. The number of ether oxygens (including phenoxy) is 1. The third kappa shape index (κ3) is 4.15. The smallest absolute Gasteiger partial charge is 0.410 e. The maximum absolute atomic E-state index is 13.3. The van der Waals surface area contributed by atoms with E-state index in [4.69, 9.17) is 4.74 Å². The van der Waals surface area contributed by atoms with Crippen molar-refractivity contribution in [3.05, 3.63) is 35.8 Å². The van der Waals surface area contributed by atoms with Crippen LogP contribution in [0.4, 0.5) is 9.18 Å². The molecule has 2 heterocycles. The molecule has 1 aliphatic heterocycles.